The van der Waals surface area contributed by atoms with Crippen molar-refractivity contribution in [2.75, 3.05) is 32.6 Å². The van der Waals surface area contributed by atoms with Crippen LogP contribution in [0.3, 0.4) is 0 Å². The molecule has 1 aromatic heterocycles. The number of methoxy groups -OCH3 is 1. The molecule has 0 fully saturated rings. The summed E-state index contributed by atoms with van der Waals surface area (Å²) in [5.74, 6) is 0.0414. The van der Waals surface area contributed by atoms with Crippen LogP contribution in [0.15, 0.2) is 36.5 Å². The largest absolute Gasteiger partial charge is 0.384 e. The molecule has 22 heavy (non-hydrogen) atoms. The Morgan fingerprint density at radius 2 is 2.14 bits per heavy atom. The van der Waals surface area contributed by atoms with Gasteiger partial charge >= 0.3 is 0 Å². The minimum absolute atomic E-state index is 0.0414. The van der Waals surface area contributed by atoms with Crippen LogP contribution in [0.25, 0.3) is 16.5 Å². The summed E-state index contributed by atoms with van der Waals surface area (Å²) >= 11 is 0. The molecule has 6 heteroatoms. The quantitative estimate of drug-likeness (QED) is 0.919. The molecule has 1 aliphatic heterocycles. The van der Waals surface area contributed by atoms with Gasteiger partial charge in [-0.3, -0.25) is 0 Å². The van der Waals surface area contributed by atoms with Crippen molar-refractivity contribution in [3.05, 3.63) is 42.1 Å². The zero-order valence-electron chi connectivity index (χ0n) is 12.6. The highest BCUT2D eigenvalue weighted by Gasteiger charge is 2.24. The highest BCUT2D eigenvalue weighted by atomic mass is 32.2. The number of ether oxygens (including phenoxy) is 1. The summed E-state index contributed by atoms with van der Waals surface area (Å²) in [6, 6.07) is 8.15. The average Bonchev–Trinajstić information content (AvgIpc) is 2.97. The average molecular weight is 320 g/mol. The second-order valence-electron chi connectivity index (χ2n) is 5.39. The monoisotopic (exact) mass is 320 g/mol. The van der Waals surface area contributed by atoms with Gasteiger partial charge in [-0.2, -0.15) is 4.31 Å². The zero-order chi connectivity index (χ0) is 15.6. The Balaban J connectivity index is 1.79. The van der Waals surface area contributed by atoms with Crippen LogP contribution in [0.4, 0.5) is 0 Å². The number of hydrogen-bond acceptors (Lipinski definition) is 3. The third kappa shape index (κ3) is 2.95. The van der Waals surface area contributed by atoms with Gasteiger partial charge in [-0.15, -0.1) is 0 Å². The van der Waals surface area contributed by atoms with E-state index in [-0.39, 0.29) is 12.4 Å². The van der Waals surface area contributed by atoms with Crippen molar-refractivity contribution in [2.45, 2.75) is 6.42 Å². The molecule has 5 nitrogen and oxygen atoms in total. The summed E-state index contributed by atoms with van der Waals surface area (Å²) in [5.41, 5.74) is 3.48. The van der Waals surface area contributed by atoms with Crippen LogP contribution < -0.4 is 0 Å². The van der Waals surface area contributed by atoms with Crippen molar-refractivity contribution in [1.82, 2.24) is 9.29 Å². The lowest BCUT2D eigenvalue weighted by Gasteiger charge is -2.25. The molecule has 3 rings (SSSR count). The van der Waals surface area contributed by atoms with Gasteiger partial charge < -0.3 is 9.72 Å². The highest BCUT2D eigenvalue weighted by Crippen LogP contribution is 2.29. The van der Waals surface area contributed by atoms with Gasteiger partial charge in [-0.1, -0.05) is 24.3 Å². The summed E-state index contributed by atoms with van der Waals surface area (Å²) in [4.78, 5) is 3.27. The number of sulfonamides is 1. The van der Waals surface area contributed by atoms with Crippen molar-refractivity contribution in [1.29, 1.82) is 0 Å². The molecule has 2 heterocycles. The first-order valence-electron chi connectivity index (χ1n) is 7.34. The van der Waals surface area contributed by atoms with Gasteiger partial charge in [-0.05, 0) is 18.1 Å². The SMILES string of the molecule is COCCS(=O)(=O)N1CC=C(c2c[nH]c3ccccc23)CC1. The number of para-hydroxylation sites is 1. The predicted octanol–water partition coefficient (Wildman–Crippen LogP) is 2.23. The van der Waals surface area contributed by atoms with Crippen molar-refractivity contribution in [3.8, 4) is 0 Å². The van der Waals surface area contributed by atoms with Crippen LogP contribution in [0, 0.1) is 0 Å². The minimum Gasteiger partial charge on any atom is -0.384 e. The number of rotatable bonds is 5. The number of nitrogens with zero attached hydrogens (tertiary/aromatic N) is 1. The Morgan fingerprint density at radius 1 is 1.32 bits per heavy atom. The molecule has 1 aromatic carbocycles. The summed E-state index contributed by atoms with van der Waals surface area (Å²) in [6.45, 7) is 1.19. The van der Waals surface area contributed by atoms with Crippen LogP contribution in [-0.2, 0) is 14.8 Å². The molecular formula is C16H20N2O3S. The summed E-state index contributed by atoms with van der Waals surface area (Å²) in [6.07, 6.45) is 4.75. The highest BCUT2D eigenvalue weighted by molar-refractivity contribution is 7.89. The second-order valence-corrected chi connectivity index (χ2v) is 7.48. The number of H-pyrrole nitrogens is 1. The molecule has 118 valence electrons. The number of nitrogens with one attached hydrogen (secondary N) is 1. The van der Waals surface area contributed by atoms with Gasteiger partial charge in [0.25, 0.3) is 0 Å². The molecule has 0 unspecified atom stereocenters. The fourth-order valence-corrected chi connectivity index (χ4v) is 4.11. The lowest BCUT2D eigenvalue weighted by molar-refractivity contribution is 0.215. The lowest BCUT2D eigenvalue weighted by atomic mass is 10.00. The van der Waals surface area contributed by atoms with E-state index in [1.165, 1.54) is 27.9 Å². The van der Waals surface area contributed by atoms with E-state index in [2.05, 4.69) is 11.1 Å². The smallest absolute Gasteiger partial charge is 0.216 e. The van der Waals surface area contributed by atoms with E-state index in [1.807, 2.05) is 30.5 Å². The van der Waals surface area contributed by atoms with Crippen LogP contribution >= 0.6 is 0 Å². The molecule has 2 aromatic rings. The van der Waals surface area contributed by atoms with E-state index in [1.54, 1.807) is 0 Å². The van der Waals surface area contributed by atoms with Crippen molar-refractivity contribution in [3.63, 3.8) is 0 Å². The summed E-state index contributed by atoms with van der Waals surface area (Å²) in [7, 11) is -1.71. The van der Waals surface area contributed by atoms with Crippen molar-refractivity contribution >= 4 is 26.5 Å². The van der Waals surface area contributed by atoms with E-state index in [0.717, 1.165) is 11.9 Å². The van der Waals surface area contributed by atoms with Gasteiger partial charge in [0.15, 0.2) is 0 Å². The van der Waals surface area contributed by atoms with Gasteiger partial charge in [0.05, 0.1) is 12.4 Å². The Kier molecular flexibility index (Phi) is 4.33. The summed E-state index contributed by atoms with van der Waals surface area (Å²) < 4.78 is 30.7. The Hall–Kier alpha value is -1.63. The molecule has 0 bridgehead atoms. The molecule has 0 aliphatic carbocycles. The van der Waals surface area contributed by atoms with Gasteiger partial charge in [0.2, 0.25) is 10.0 Å². The first kappa shape index (κ1) is 15.3. The van der Waals surface area contributed by atoms with E-state index in [4.69, 9.17) is 4.74 Å². The standard InChI is InChI=1S/C16H20N2O3S/c1-21-10-11-22(19,20)18-8-6-13(7-9-18)15-12-17-16-5-3-2-4-14(15)16/h2-6,12,17H,7-11H2,1H3. The maximum absolute atomic E-state index is 12.2. The van der Waals surface area contributed by atoms with E-state index in [9.17, 15) is 8.42 Å². The molecular weight excluding hydrogens is 300 g/mol. The van der Waals surface area contributed by atoms with Crippen LogP contribution in [-0.4, -0.2) is 50.3 Å². The minimum atomic E-state index is -3.22. The van der Waals surface area contributed by atoms with Gasteiger partial charge in [0.1, 0.15) is 0 Å². The lowest BCUT2D eigenvalue weighted by Crippen LogP contribution is -2.37. The molecule has 0 radical (unpaired) electrons. The predicted molar refractivity (Wildman–Crippen MR) is 88.1 cm³/mol. The fourth-order valence-electron chi connectivity index (χ4n) is 2.80. The number of aromatic nitrogens is 1. The third-order valence-corrected chi connectivity index (χ3v) is 5.85. The maximum Gasteiger partial charge on any atom is 0.216 e. The Bertz CT molecular complexity index is 793. The molecule has 0 spiro atoms. The molecule has 0 atom stereocenters. The van der Waals surface area contributed by atoms with E-state index >= 15 is 0 Å². The molecule has 0 amide bonds. The zero-order valence-corrected chi connectivity index (χ0v) is 13.4. The number of fused-ring (bicyclic) bond motifs is 1. The Morgan fingerprint density at radius 3 is 2.86 bits per heavy atom. The molecule has 0 saturated carbocycles. The summed E-state index contributed by atoms with van der Waals surface area (Å²) in [5, 5.41) is 1.18. The van der Waals surface area contributed by atoms with E-state index in [0.29, 0.717) is 13.1 Å². The number of aromatic amines is 1. The van der Waals surface area contributed by atoms with Crippen LogP contribution in [0.1, 0.15) is 12.0 Å². The van der Waals surface area contributed by atoms with Crippen molar-refractivity contribution < 1.29 is 13.2 Å². The number of benzene rings is 1. The third-order valence-electron chi connectivity index (χ3n) is 4.05. The first-order valence-corrected chi connectivity index (χ1v) is 8.95. The Labute approximate surface area is 130 Å². The molecule has 1 aliphatic rings. The molecule has 0 saturated heterocycles. The fraction of sp³-hybridized carbons (Fsp3) is 0.375. The molecule has 1 N–H and O–H groups in total. The second kappa shape index (κ2) is 6.24. The van der Waals surface area contributed by atoms with Gasteiger partial charge in [-0.25, -0.2) is 8.42 Å². The van der Waals surface area contributed by atoms with E-state index < -0.39 is 10.0 Å². The number of hydrogen-bond donors (Lipinski definition) is 1. The maximum atomic E-state index is 12.2. The van der Waals surface area contributed by atoms with Crippen molar-refractivity contribution in [2.24, 2.45) is 0 Å². The van der Waals surface area contributed by atoms with Crippen LogP contribution in [0.2, 0.25) is 0 Å². The topological polar surface area (TPSA) is 62.4 Å². The first-order chi connectivity index (χ1) is 10.6. The normalized spacial score (nSPS) is 16.9. The van der Waals surface area contributed by atoms with Gasteiger partial charge in [0, 0.05) is 42.9 Å². The van der Waals surface area contributed by atoms with Crippen LogP contribution in [0.5, 0.6) is 0 Å².